The molecule has 0 saturated heterocycles. The molecule has 0 unspecified atom stereocenters. The lowest BCUT2D eigenvalue weighted by Gasteiger charge is -2.08. The zero-order chi connectivity index (χ0) is 14.9. The van der Waals surface area contributed by atoms with Gasteiger partial charge in [0.15, 0.2) is 0 Å². The summed E-state index contributed by atoms with van der Waals surface area (Å²) in [5.74, 6) is 0.605. The summed E-state index contributed by atoms with van der Waals surface area (Å²) in [6, 6.07) is 9.47. The summed E-state index contributed by atoms with van der Waals surface area (Å²) in [6.07, 6.45) is 3.18. The van der Waals surface area contributed by atoms with E-state index in [2.05, 4.69) is 28.1 Å². The normalized spacial score (nSPS) is 9.71. The van der Waals surface area contributed by atoms with Gasteiger partial charge in [0.05, 0.1) is 0 Å². The highest BCUT2D eigenvalue weighted by Crippen LogP contribution is 2.20. The van der Waals surface area contributed by atoms with Crippen molar-refractivity contribution in [3.63, 3.8) is 0 Å². The Morgan fingerprint density at radius 3 is 1.86 bits per heavy atom. The fourth-order valence-corrected chi connectivity index (χ4v) is 1.36. The molecule has 2 aromatic rings. The Hall–Kier alpha value is -2.89. The van der Waals surface area contributed by atoms with E-state index in [0.29, 0.717) is 5.75 Å². The molecule has 0 radical (unpaired) electrons. The highest BCUT2D eigenvalue weighted by Gasteiger charge is 2.10. The van der Waals surface area contributed by atoms with E-state index >= 15 is 0 Å². The first-order chi connectivity index (χ1) is 10.3. The van der Waals surface area contributed by atoms with Crippen LogP contribution in [0.4, 0.5) is 0 Å². The van der Waals surface area contributed by atoms with Crippen LogP contribution in [0.5, 0.6) is 23.8 Å². The molecule has 0 amide bonds. The molecule has 0 aliphatic carbocycles. The molecule has 0 atom stereocenters. The van der Waals surface area contributed by atoms with Crippen molar-refractivity contribution in [3.8, 4) is 23.8 Å². The van der Waals surface area contributed by atoms with Crippen LogP contribution in [0.1, 0.15) is 0 Å². The second-order valence-electron chi connectivity index (χ2n) is 3.80. The maximum absolute atomic E-state index is 5.55. The van der Waals surface area contributed by atoms with Crippen molar-refractivity contribution < 1.29 is 14.2 Å². The molecule has 2 rings (SSSR count). The van der Waals surface area contributed by atoms with E-state index in [9.17, 15) is 0 Å². The lowest BCUT2D eigenvalue weighted by atomic mass is 10.3. The van der Waals surface area contributed by atoms with Gasteiger partial charge in [0.1, 0.15) is 19.0 Å². The van der Waals surface area contributed by atoms with E-state index < -0.39 is 0 Å². The van der Waals surface area contributed by atoms with Crippen LogP contribution in [0.3, 0.4) is 0 Å². The van der Waals surface area contributed by atoms with Crippen LogP contribution in [0.15, 0.2) is 55.6 Å². The minimum atomic E-state index is 0.0920. The second-order valence-corrected chi connectivity index (χ2v) is 3.80. The lowest BCUT2D eigenvalue weighted by Crippen LogP contribution is -2.05. The van der Waals surface area contributed by atoms with E-state index in [0.717, 1.165) is 0 Å². The average molecular weight is 285 g/mol. The molecule has 0 bridgehead atoms. The van der Waals surface area contributed by atoms with Gasteiger partial charge in [0, 0.05) is 0 Å². The number of para-hydroxylation sites is 1. The van der Waals surface area contributed by atoms with Gasteiger partial charge in [-0.1, -0.05) is 43.5 Å². The molecule has 21 heavy (non-hydrogen) atoms. The van der Waals surface area contributed by atoms with Crippen LogP contribution in [0, 0.1) is 0 Å². The number of nitrogens with zero attached hydrogens (tertiary/aromatic N) is 3. The van der Waals surface area contributed by atoms with Crippen LogP contribution >= 0.6 is 0 Å². The number of benzene rings is 1. The molecule has 1 aromatic carbocycles. The standard InChI is InChI=1S/C15H15N3O3/c1-3-10-19-13-16-14(20-11-4-2)18-15(17-13)21-12-8-6-5-7-9-12/h3-9H,1-2,10-11H2. The smallest absolute Gasteiger partial charge is 0.331 e. The molecule has 6 nitrogen and oxygen atoms in total. The van der Waals surface area contributed by atoms with E-state index in [1.54, 1.807) is 24.3 Å². The maximum Gasteiger partial charge on any atom is 0.331 e. The van der Waals surface area contributed by atoms with Crippen molar-refractivity contribution in [2.24, 2.45) is 0 Å². The summed E-state index contributed by atoms with van der Waals surface area (Å²) >= 11 is 0. The van der Waals surface area contributed by atoms with Crippen LogP contribution < -0.4 is 14.2 Å². The number of ether oxygens (including phenoxy) is 3. The SMILES string of the molecule is C=CCOc1nc(OCC=C)nc(Oc2ccccc2)n1. The van der Waals surface area contributed by atoms with Gasteiger partial charge in [-0.05, 0) is 12.1 Å². The van der Waals surface area contributed by atoms with Crippen molar-refractivity contribution in [1.82, 2.24) is 15.0 Å². The number of rotatable bonds is 8. The molecule has 0 aliphatic heterocycles. The first-order valence-corrected chi connectivity index (χ1v) is 6.28. The summed E-state index contributed by atoms with van der Waals surface area (Å²) in [4.78, 5) is 12.1. The van der Waals surface area contributed by atoms with Gasteiger partial charge in [-0.3, -0.25) is 0 Å². The largest absolute Gasteiger partial charge is 0.459 e. The molecule has 0 aliphatic rings. The van der Waals surface area contributed by atoms with Crippen LogP contribution in [0.2, 0.25) is 0 Å². The zero-order valence-corrected chi connectivity index (χ0v) is 11.4. The predicted molar refractivity (Wildman–Crippen MR) is 77.7 cm³/mol. The molecule has 1 heterocycles. The van der Waals surface area contributed by atoms with E-state index in [1.165, 1.54) is 0 Å². The number of hydrogen-bond donors (Lipinski definition) is 0. The van der Waals surface area contributed by atoms with Crippen molar-refractivity contribution in [3.05, 3.63) is 55.6 Å². The van der Waals surface area contributed by atoms with Crippen molar-refractivity contribution >= 4 is 0 Å². The van der Waals surface area contributed by atoms with Gasteiger partial charge < -0.3 is 14.2 Å². The van der Waals surface area contributed by atoms with Crippen LogP contribution in [-0.2, 0) is 0 Å². The predicted octanol–water partition coefficient (Wildman–Crippen LogP) is 2.79. The lowest BCUT2D eigenvalue weighted by molar-refractivity contribution is 0.285. The van der Waals surface area contributed by atoms with E-state index in [1.807, 2.05) is 18.2 Å². The van der Waals surface area contributed by atoms with E-state index in [4.69, 9.17) is 14.2 Å². The maximum atomic E-state index is 5.55. The Morgan fingerprint density at radius 1 is 0.810 bits per heavy atom. The third-order valence-corrected chi connectivity index (χ3v) is 2.19. The Labute approximate surface area is 122 Å². The fraction of sp³-hybridized carbons (Fsp3) is 0.133. The Bertz CT molecular complexity index is 572. The second kappa shape index (κ2) is 7.64. The highest BCUT2D eigenvalue weighted by molar-refractivity contribution is 5.24. The first kappa shape index (κ1) is 14.5. The minimum absolute atomic E-state index is 0.0920. The molecule has 0 saturated carbocycles. The molecule has 0 N–H and O–H groups in total. The molecule has 0 fully saturated rings. The topological polar surface area (TPSA) is 66.4 Å². The van der Waals surface area contributed by atoms with Gasteiger partial charge in [0.25, 0.3) is 0 Å². The highest BCUT2D eigenvalue weighted by atomic mass is 16.5. The Kier molecular flexibility index (Phi) is 5.28. The molecule has 0 spiro atoms. The van der Waals surface area contributed by atoms with Crippen molar-refractivity contribution in [2.75, 3.05) is 13.2 Å². The van der Waals surface area contributed by atoms with Crippen LogP contribution in [0.25, 0.3) is 0 Å². The molecular weight excluding hydrogens is 270 g/mol. The number of aromatic nitrogens is 3. The monoisotopic (exact) mass is 285 g/mol. The average Bonchev–Trinajstić information content (AvgIpc) is 2.52. The van der Waals surface area contributed by atoms with Gasteiger partial charge >= 0.3 is 18.0 Å². The number of hydrogen-bond acceptors (Lipinski definition) is 6. The van der Waals surface area contributed by atoms with Gasteiger partial charge in [-0.25, -0.2) is 0 Å². The molecule has 6 heteroatoms. The zero-order valence-electron chi connectivity index (χ0n) is 11.4. The Balaban J connectivity index is 2.21. The summed E-state index contributed by atoms with van der Waals surface area (Å²) in [5.41, 5.74) is 0. The molecule has 108 valence electrons. The fourth-order valence-electron chi connectivity index (χ4n) is 1.36. The van der Waals surface area contributed by atoms with Gasteiger partial charge in [-0.2, -0.15) is 0 Å². The minimum Gasteiger partial charge on any atom is -0.459 e. The molecule has 1 aromatic heterocycles. The van der Waals surface area contributed by atoms with E-state index in [-0.39, 0.29) is 31.2 Å². The summed E-state index contributed by atoms with van der Waals surface area (Å²) in [7, 11) is 0. The van der Waals surface area contributed by atoms with Crippen molar-refractivity contribution in [2.45, 2.75) is 0 Å². The summed E-state index contributed by atoms with van der Waals surface area (Å²) < 4.78 is 16.1. The van der Waals surface area contributed by atoms with Gasteiger partial charge in [-0.15, -0.1) is 15.0 Å². The summed E-state index contributed by atoms with van der Waals surface area (Å²) in [5, 5.41) is 0. The van der Waals surface area contributed by atoms with Crippen LogP contribution in [-0.4, -0.2) is 28.2 Å². The third-order valence-electron chi connectivity index (χ3n) is 2.19. The quantitative estimate of drug-likeness (QED) is 0.695. The Morgan fingerprint density at radius 2 is 1.33 bits per heavy atom. The van der Waals surface area contributed by atoms with Crippen molar-refractivity contribution in [1.29, 1.82) is 0 Å². The first-order valence-electron chi connectivity index (χ1n) is 6.28. The molecular formula is C15H15N3O3. The third kappa shape index (κ3) is 4.61. The summed E-state index contributed by atoms with van der Waals surface area (Å²) in [6.45, 7) is 7.68. The van der Waals surface area contributed by atoms with Gasteiger partial charge in [0.2, 0.25) is 0 Å².